The zero-order valence-corrected chi connectivity index (χ0v) is 18.1. The molecule has 2 aromatic rings. The summed E-state index contributed by atoms with van der Waals surface area (Å²) in [6.45, 7) is 5.82. The molecule has 2 fully saturated rings. The lowest BCUT2D eigenvalue weighted by atomic mass is 10.1. The molecule has 3 aliphatic heterocycles. The van der Waals surface area contributed by atoms with Crippen LogP contribution in [0.5, 0.6) is 0 Å². The van der Waals surface area contributed by atoms with Gasteiger partial charge in [0, 0.05) is 55.4 Å². The maximum atomic E-state index is 13.1. The Hall–Kier alpha value is -2.55. The third-order valence-electron chi connectivity index (χ3n) is 6.01. The van der Waals surface area contributed by atoms with Crippen LogP contribution in [-0.4, -0.2) is 79.5 Å². The number of piperazine rings is 1. The van der Waals surface area contributed by atoms with E-state index in [0.29, 0.717) is 31.9 Å². The number of hydrogen-bond acceptors (Lipinski definition) is 6. The van der Waals surface area contributed by atoms with E-state index in [0.717, 1.165) is 36.8 Å². The number of hydrogen-bond donors (Lipinski definition) is 1. The second-order valence-electron chi connectivity index (χ2n) is 7.93. The number of nitrogens with one attached hydrogen (secondary N) is 1. The number of thioether (sulfide) groups is 1. The van der Waals surface area contributed by atoms with E-state index in [1.165, 1.54) is 5.69 Å². The molecular weight excluding hydrogens is 412 g/mol. The van der Waals surface area contributed by atoms with Crippen molar-refractivity contribution in [1.29, 1.82) is 0 Å². The number of carbonyl (C=O) groups is 2. The highest BCUT2D eigenvalue weighted by atomic mass is 32.2. The van der Waals surface area contributed by atoms with Crippen LogP contribution in [-0.2, 0) is 9.53 Å². The largest absolute Gasteiger partial charge is 0.379 e. The van der Waals surface area contributed by atoms with Crippen molar-refractivity contribution >= 4 is 35.0 Å². The minimum atomic E-state index is -0.246. The molecule has 2 amide bonds. The lowest BCUT2D eigenvalue weighted by Crippen LogP contribution is -2.49. The Bertz CT molecular complexity index is 957. The topological polar surface area (TPSA) is 65.1 Å². The molecule has 3 heterocycles. The smallest absolute Gasteiger partial charge is 0.254 e. The molecule has 5 rings (SSSR count). The van der Waals surface area contributed by atoms with E-state index >= 15 is 0 Å². The minimum Gasteiger partial charge on any atom is -0.379 e. The van der Waals surface area contributed by atoms with Gasteiger partial charge < -0.3 is 19.9 Å². The van der Waals surface area contributed by atoms with Gasteiger partial charge in [-0.25, -0.2) is 0 Å². The Kier molecular flexibility index (Phi) is 5.85. The molecular formula is C23H26N4O3S. The zero-order valence-electron chi connectivity index (χ0n) is 17.3. The number of amides is 2. The van der Waals surface area contributed by atoms with Crippen molar-refractivity contribution in [3.05, 3.63) is 54.1 Å². The van der Waals surface area contributed by atoms with Crippen LogP contribution >= 0.6 is 11.8 Å². The predicted molar refractivity (Wildman–Crippen MR) is 122 cm³/mol. The van der Waals surface area contributed by atoms with E-state index < -0.39 is 0 Å². The van der Waals surface area contributed by atoms with E-state index in [-0.39, 0.29) is 17.2 Å². The van der Waals surface area contributed by atoms with E-state index in [9.17, 15) is 9.59 Å². The van der Waals surface area contributed by atoms with Crippen molar-refractivity contribution < 1.29 is 14.3 Å². The zero-order chi connectivity index (χ0) is 21.2. The Balaban J connectivity index is 1.24. The van der Waals surface area contributed by atoms with Gasteiger partial charge in [-0.1, -0.05) is 30.0 Å². The fourth-order valence-corrected chi connectivity index (χ4v) is 5.42. The molecule has 7 nitrogen and oxygen atoms in total. The minimum absolute atomic E-state index is 0.0186. The Labute approximate surface area is 186 Å². The van der Waals surface area contributed by atoms with Crippen molar-refractivity contribution in [1.82, 2.24) is 9.80 Å². The molecule has 0 radical (unpaired) electrons. The van der Waals surface area contributed by atoms with Gasteiger partial charge in [0.1, 0.15) is 5.37 Å². The van der Waals surface area contributed by atoms with Gasteiger partial charge in [-0.2, -0.15) is 0 Å². The third-order valence-corrected chi connectivity index (χ3v) is 7.36. The van der Waals surface area contributed by atoms with Crippen molar-refractivity contribution in [2.24, 2.45) is 0 Å². The summed E-state index contributed by atoms with van der Waals surface area (Å²) in [5, 5.41) is 2.77. The molecule has 1 atom stereocenters. The normalized spacial score (nSPS) is 22.1. The molecule has 2 saturated heterocycles. The maximum absolute atomic E-state index is 13.1. The molecule has 2 aromatic carbocycles. The maximum Gasteiger partial charge on any atom is 0.254 e. The first kappa shape index (κ1) is 20.4. The first-order chi connectivity index (χ1) is 15.2. The fraction of sp³-hybridized carbons (Fsp3) is 0.391. The Morgan fingerprint density at radius 3 is 2.45 bits per heavy atom. The standard InChI is InChI=1S/C23H26N4O3S/c28-21-23(27-12-14-30-15-13-27)31-20-7-6-17(16-19(20)24-21)22(29)26-10-8-25(9-11-26)18-4-2-1-3-5-18/h1-7,16,23H,8-15H2,(H,24,28). The van der Waals surface area contributed by atoms with Gasteiger partial charge in [0.2, 0.25) is 0 Å². The number of ether oxygens (including phenoxy) is 1. The number of fused-ring (bicyclic) bond motifs is 1. The van der Waals surface area contributed by atoms with E-state index in [2.05, 4.69) is 27.2 Å². The lowest BCUT2D eigenvalue weighted by Gasteiger charge is -2.37. The molecule has 0 spiro atoms. The Morgan fingerprint density at radius 1 is 0.968 bits per heavy atom. The molecule has 0 aliphatic carbocycles. The van der Waals surface area contributed by atoms with Crippen molar-refractivity contribution in [2.45, 2.75) is 10.3 Å². The summed E-state index contributed by atoms with van der Waals surface area (Å²) in [6, 6.07) is 16.0. The highest BCUT2D eigenvalue weighted by Crippen LogP contribution is 2.38. The van der Waals surface area contributed by atoms with Crippen molar-refractivity contribution in [3.8, 4) is 0 Å². The molecule has 162 valence electrons. The molecule has 8 heteroatoms. The van der Waals surface area contributed by atoms with Crippen LogP contribution in [0, 0.1) is 0 Å². The second-order valence-corrected chi connectivity index (χ2v) is 9.06. The average molecular weight is 439 g/mol. The summed E-state index contributed by atoms with van der Waals surface area (Å²) < 4.78 is 5.40. The number of anilines is 2. The highest BCUT2D eigenvalue weighted by molar-refractivity contribution is 8.00. The molecule has 0 bridgehead atoms. The second kappa shape index (κ2) is 8.90. The van der Waals surface area contributed by atoms with E-state index in [4.69, 9.17) is 4.74 Å². The first-order valence-corrected chi connectivity index (χ1v) is 11.6. The van der Waals surface area contributed by atoms with E-state index in [1.54, 1.807) is 11.8 Å². The lowest BCUT2D eigenvalue weighted by molar-refractivity contribution is -0.119. The summed E-state index contributed by atoms with van der Waals surface area (Å²) in [5.74, 6) is -0.00876. The van der Waals surface area contributed by atoms with Gasteiger partial charge >= 0.3 is 0 Å². The van der Waals surface area contributed by atoms with Crippen molar-refractivity contribution in [3.63, 3.8) is 0 Å². The SMILES string of the molecule is O=C1Nc2cc(C(=O)N3CCN(c4ccccc4)CC3)ccc2SC1N1CCOCC1. The molecule has 1 unspecified atom stereocenters. The number of rotatable bonds is 3. The van der Waals surface area contributed by atoms with E-state index in [1.807, 2.05) is 41.3 Å². The van der Waals surface area contributed by atoms with Crippen LogP contribution in [0.25, 0.3) is 0 Å². The monoisotopic (exact) mass is 438 g/mol. The summed E-state index contributed by atoms with van der Waals surface area (Å²) in [4.78, 5) is 33.1. The van der Waals surface area contributed by atoms with Crippen LogP contribution in [0.4, 0.5) is 11.4 Å². The van der Waals surface area contributed by atoms with Crippen LogP contribution in [0.1, 0.15) is 10.4 Å². The molecule has 0 saturated carbocycles. The van der Waals surface area contributed by atoms with Gasteiger partial charge in [-0.05, 0) is 30.3 Å². The number of para-hydroxylation sites is 1. The van der Waals surface area contributed by atoms with Crippen LogP contribution in [0.2, 0.25) is 0 Å². The van der Waals surface area contributed by atoms with Gasteiger partial charge in [0.15, 0.2) is 0 Å². The van der Waals surface area contributed by atoms with Crippen molar-refractivity contribution in [2.75, 3.05) is 62.7 Å². The van der Waals surface area contributed by atoms with Gasteiger partial charge in [0.25, 0.3) is 11.8 Å². The number of carbonyl (C=O) groups excluding carboxylic acids is 2. The van der Waals surface area contributed by atoms with Gasteiger partial charge in [-0.3, -0.25) is 14.5 Å². The molecule has 3 aliphatic rings. The molecule has 0 aromatic heterocycles. The summed E-state index contributed by atoms with van der Waals surface area (Å²) in [6.07, 6.45) is 0. The quantitative estimate of drug-likeness (QED) is 0.794. The van der Waals surface area contributed by atoms with Gasteiger partial charge in [-0.15, -0.1) is 0 Å². The van der Waals surface area contributed by atoms with Crippen LogP contribution in [0.3, 0.4) is 0 Å². The molecule has 31 heavy (non-hydrogen) atoms. The highest BCUT2D eigenvalue weighted by Gasteiger charge is 2.33. The predicted octanol–water partition coefficient (Wildman–Crippen LogP) is 2.35. The number of benzene rings is 2. The van der Waals surface area contributed by atoms with Crippen LogP contribution in [0.15, 0.2) is 53.4 Å². The molecule has 1 N–H and O–H groups in total. The average Bonchev–Trinajstić information content (AvgIpc) is 2.84. The van der Waals surface area contributed by atoms with Gasteiger partial charge in [0.05, 0.1) is 18.9 Å². The fourth-order valence-electron chi connectivity index (χ4n) is 4.27. The summed E-state index contributed by atoms with van der Waals surface area (Å²) in [7, 11) is 0. The number of nitrogens with zero attached hydrogens (tertiary/aromatic N) is 3. The van der Waals surface area contributed by atoms with Crippen LogP contribution < -0.4 is 10.2 Å². The Morgan fingerprint density at radius 2 is 1.71 bits per heavy atom. The number of morpholine rings is 1. The first-order valence-electron chi connectivity index (χ1n) is 10.7. The third kappa shape index (κ3) is 4.28. The summed E-state index contributed by atoms with van der Waals surface area (Å²) in [5.41, 5.74) is 2.55. The summed E-state index contributed by atoms with van der Waals surface area (Å²) >= 11 is 1.55.